The van der Waals surface area contributed by atoms with E-state index < -0.39 is 0 Å². The van der Waals surface area contributed by atoms with Gasteiger partial charge in [0, 0.05) is 24.7 Å². The van der Waals surface area contributed by atoms with Gasteiger partial charge in [-0.25, -0.2) is 0 Å². The molecule has 1 fully saturated rings. The van der Waals surface area contributed by atoms with Gasteiger partial charge in [-0.2, -0.15) is 0 Å². The summed E-state index contributed by atoms with van der Waals surface area (Å²) in [7, 11) is 0. The fourth-order valence-electron chi connectivity index (χ4n) is 3.80. The van der Waals surface area contributed by atoms with E-state index in [9.17, 15) is 4.79 Å². The van der Waals surface area contributed by atoms with Crippen molar-refractivity contribution < 1.29 is 4.79 Å². The minimum absolute atomic E-state index is 0. The second kappa shape index (κ2) is 9.17. The van der Waals surface area contributed by atoms with Crippen LogP contribution in [0.15, 0.2) is 48.5 Å². The number of aryl methyl sites for hydroxylation is 2. The Labute approximate surface area is 162 Å². The molecule has 1 aliphatic heterocycles. The first kappa shape index (κ1) is 20.4. The van der Waals surface area contributed by atoms with Crippen molar-refractivity contribution >= 4 is 24.0 Å². The molecule has 1 saturated heterocycles. The number of carbonyl (C=O) groups excluding carboxylic acids is 1. The van der Waals surface area contributed by atoms with Gasteiger partial charge >= 0.3 is 0 Å². The van der Waals surface area contributed by atoms with Crippen LogP contribution >= 0.6 is 12.4 Å². The highest BCUT2D eigenvalue weighted by atomic mass is 35.5. The monoisotopic (exact) mass is 373 g/mol. The van der Waals surface area contributed by atoms with Crippen LogP contribution in [0.5, 0.6) is 0 Å². The zero-order valence-electron chi connectivity index (χ0n) is 15.4. The van der Waals surface area contributed by atoms with Gasteiger partial charge in [0.2, 0.25) is 5.91 Å². The molecular formula is C21H28ClN3O. The summed E-state index contributed by atoms with van der Waals surface area (Å²) >= 11 is 0. The molecule has 3 rings (SSSR count). The van der Waals surface area contributed by atoms with Gasteiger partial charge < -0.3 is 11.1 Å². The van der Waals surface area contributed by atoms with E-state index in [0.29, 0.717) is 24.9 Å². The summed E-state index contributed by atoms with van der Waals surface area (Å²) in [4.78, 5) is 14.7. The molecule has 140 valence electrons. The lowest BCUT2D eigenvalue weighted by Crippen LogP contribution is -2.32. The minimum atomic E-state index is 0. The van der Waals surface area contributed by atoms with Gasteiger partial charge in [0.25, 0.3) is 0 Å². The number of halogens is 1. The van der Waals surface area contributed by atoms with E-state index in [1.54, 1.807) is 0 Å². The Morgan fingerprint density at radius 1 is 1.08 bits per heavy atom. The molecule has 0 aliphatic carbocycles. The molecule has 5 heteroatoms. The predicted molar refractivity (Wildman–Crippen MR) is 110 cm³/mol. The molecule has 0 saturated carbocycles. The van der Waals surface area contributed by atoms with Gasteiger partial charge in [-0.3, -0.25) is 9.69 Å². The molecule has 2 aromatic rings. The molecule has 1 heterocycles. The number of carbonyl (C=O) groups is 1. The number of nitrogens with zero attached hydrogens (tertiary/aromatic N) is 1. The number of rotatable bonds is 5. The second-order valence-electron chi connectivity index (χ2n) is 7.02. The first-order valence-electron chi connectivity index (χ1n) is 8.92. The van der Waals surface area contributed by atoms with Crippen LogP contribution in [-0.2, 0) is 4.79 Å². The third-order valence-corrected chi connectivity index (χ3v) is 5.16. The number of para-hydroxylation sites is 1. The molecule has 26 heavy (non-hydrogen) atoms. The number of anilines is 1. The SMILES string of the molecule is Cc1cccc(C)c1NC(=O)CN1C[C@@H](CN)[C@H](c2ccccc2)C1.Cl. The van der Waals surface area contributed by atoms with Gasteiger partial charge in [-0.15, -0.1) is 12.4 Å². The van der Waals surface area contributed by atoms with Gasteiger partial charge in [0.05, 0.1) is 6.54 Å². The summed E-state index contributed by atoms with van der Waals surface area (Å²) in [5, 5.41) is 3.08. The maximum Gasteiger partial charge on any atom is 0.238 e. The standard InChI is InChI=1S/C21H27N3O.ClH/c1-15-7-6-8-16(2)21(15)23-20(25)14-24-12-18(11-22)19(13-24)17-9-4-3-5-10-17;/h3-10,18-19H,11-14,22H2,1-2H3,(H,23,25);1H/t18-,19+;/m1./s1. The van der Waals surface area contributed by atoms with Crippen LogP contribution in [0.25, 0.3) is 0 Å². The summed E-state index contributed by atoms with van der Waals surface area (Å²) in [5.41, 5.74) is 10.4. The maximum atomic E-state index is 12.5. The molecule has 3 N–H and O–H groups in total. The number of hydrogen-bond acceptors (Lipinski definition) is 3. The number of hydrogen-bond donors (Lipinski definition) is 2. The quantitative estimate of drug-likeness (QED) is 0.845. The van der Waals surface area contributed by atoms with Crippen LogP contribution < -0.4 is 11.1 Å². The lowest BCUT2D eigenvalue weighted by molar-refractivity contribution is -0.117. The van der Waals surface area contributed by atoms with Gasteiger partial charge in [-0.1, -0.05) is 48.5 Å². The Balaban J connectivity index is 0.00000243. The third-order valence-electron chi connectivity index (χ3n) is 5.16. The highest BCUT2D eigenvalue weighted by molar-refractivity contribution is 5.93. The maximum absolute atomic E-state index is 12.5. The van der Waals surface area contributed by atoms with E-state index in [0.717, 1.165) is 29.9 Å². The Morgan fingerprint density at radius 2 is 1.73 bits per heavy atom. The molecule has 0 spiro atoms. The normalized spacial score (nSPS) is 19.8. The van der Waals surface area contributed by atoms with Gasteiger partial charge in [0.1, 0.15) is 0 Å². The molecule has 0 radical (unpaired) electrons. The highest BCUT2D eigenvalue weighted by Gasteiger charge is 2.33. The molecule has 1 aliphatic rings. The lowest BCUT2D eigenvalue weighted by Gasteiger charge is -2.17. The molecule has 0 unspecified atom stereocenters. The molecule has 0 aromatic heterocycles. The fourth-order valence-corrected chi connectivity index (χ4v) is 3.80. The Bertz CT molecular complexity index is 715. The average Bonchev–Trinajstić information content (AvgIpc) is 3.02. The number of likely N-dealkylation sites (tertiary alicyclic amines) is 1. The highest BCUT2D eigenvalue weighted by Crippen LogP contribution is 2.31. The lowest BCUT2D eigenvalue weighted by atomic mass is 9.89. The van der Waals surface area contributed by atoms with E-state index in [1.165, 1.54) is 5.56 Å². The zero-order chi connectivity index (χ0) is 17.8. The van der Waals surface area contributed by atoms with Crippen LogP contribution in [0.4, 0.5) is 5.69 Å². The van der Waals surface area contributed by atoms with Crippen molar-refractivity contribution in [1.29, 1.82) is 0 Å². The Kier molecular flexibility index (Phi) is 7.21. The summed E-state index contributed by atoms with van der Waals surface area (Å²) in [5.74, 6) is 0.844. The van der Waals surface area contributed by atoms with Crippen LogP contribution in [-0.4, -0.2) is 37.0 Å². The smallest absolute Gasteiger partial charge is 0.238 e. The Morgan fingerprint density at radius 3 is 2.35 bits per heavy atom. The van der Waals surface area contributed by atoms with Crippen LogP contribution in [0.1, 0.15) is 22.6 Å². The first-order valence-corrected chi connectivity index (χ1v) is 8.92. The van der Waals surface area contributed by atoms with E-state index in [1.807, 2.05) is 38.1 Å². The molecule has 4 nitrogen and oxygen atoms in total. The number of nitrogens with one attached hydrogen (secondary N) is 1. The summed E-state index contributed by atoms with van der Waals surface area (Å²) in [6.45, 7) is 6.85. The second-order valence-corrected chi connectivity index (χ2v) is 7.02. The summed E-state index contributed by atoms with van der Waals surface area (Å²) < 4.78 is 0. The minimum Gasteiger partial charge on any atom is -0.330 e. The van der Waals surface area contributed by atoms with Gasteiger partial charge in [0.15, 0.2) is 0 Å². The molecule has 1 amide bonds. The van der Waals surface area contributed by atoms with Crippen molar-refractivity contribution in [2.75, 3.05) is 31.5 Å². The number of amides is 1. The predicted octanol–water partition coefficient (Wildman–Crippen LogP) is 3.34. The van der Waals surface area contributed by atoms with Crippen molar-refractivity contribution in [1.82, 2.24) is 4.90 Å². The topological polar surface area (TPSA) is 58.4 Å². The van der Waals surface area contributed by atoms with E-state index >= 15 is 0 Å². The third kappa shape index (κ3) is 4.64. The largest absolute Gasteiger partial charge is 0.330 e. The van der Waals surface area contributed by atoms with E-state index in [2.05, 4.69) is 34.5 Å². The van der Waals surface area contributed by atoms with E-state index in [4.69, 9.17) is 5.73 Å². The van der Waals surface area contributed by atoms with E-state index in [-0.39, 0.29) is 18.3 Å². The van der Waals surface area contributed by atoms with Crippen LogP contribution in [0.3, 0.4) is 0 Å². The molecule has 2 atom stereocenters. The van der Waals surface area contributed by atoms with Crippen molar-refractivity contribution in [2.24, 2.45) is 11.7 Å². The van der Waals surface area contributed by atoms with Crippen molar-refractivity contribution in [3.63, 3.8) is 0 Å². The van der Waals surface area contributed by atoms with Crippen molar-refractivity contribution in [3.05, 3.63) is 65.2 Å². The summed E-state index contributed by atoms with van der Waals surface area (Å²) in [6.07, 6.45) is 0. The molecular weight excluding hydrogens is 346 g/mol. The van der Waals surface area contributed by atoms with Crippen molar-refractivity contribution in [3.8, 4) is 0 Å². The molecule has 0 bridgehead atoms. The fraction of sp³-hybridized carbons (Fsp3) is 0.381. The number of nitrogens with two attached hydrogens (primary N) is 1. The average molecular weight is 374 g/mol. The molecule has 2 aromatic carbocycles. The van der Waals surface area contributed by atoms with Gasteiger partial charge in [-0.05, 0) is 43.0 Å². The first-order chi connectivity index (χ1) is 12.1. The van der Waals surface area contributed by atoms with Crippen LogP contribution in [0, 0.1) is 19.8 Å². The Hall–Kier alpha value is -1.88. The van der Waals surface area contributed by atoms with Crippen LogP contribution in [0.2, 0.25) is 0 Å². The van der Waals surface area contributed by atoms with Crippen molar-refractivity contribution in [2.45, 2.75) is 19.8 Å². The summed E-state index contributed by atoms with van der Waals surface area (Å²) in [6, 6.07) is 16.5. The number of benzene rings is 2. The zero-order valence-corrected chi connectivity index (χ0v) is 16.3.